The van der Waals surface area contributed by atoms with Gasteiger partial charge in [0.25, 0.3) is 0 Å². The second-order valence-corrected chi connectivity index (χ2v) is 5.81. The maximum absolute atomic E-state index is 11.2. The minimum atomic E-state index is -1.27. The molecule has 0 aliphatic heterocycles. The average molecular weight is 359 g/mol. The second-order valence-electron chi connectivity index (χ2n) is 5.37. The number of hydrogen-bond acceptors (Lipinski definition) is 5. The lowest BCUT2D eigenvalue weighted by Crippen LogP contribution is -2.12. The number of rotatable bonds is 6. The van der Waals surface area contributed by atoms with Gasteiger partial charge in [-0.3, -0.25) is 0 Å². The Morgan fingerprint density at radius 1 is 1.20 bits per heavy atom. The highest BCUT2D eigenvalue weighted by Gasteiger charge is 2.17. The number of aromatic carboxylic acids is 1. The summed E-state index contributed by atoms with van der Waals surface area (Å²) < 4.78 is 1.30. The van der Waals surface area contributed by atoms with Crippen molar-refractivity contribution in [2.75, 3.05) is 0 Å². The molecule has 0 aliphatic rings. The first-order valence-electron chi connectivity index (χ1n) is 7.46. The van der Waals surface area contributed by atoms with Crippen LogP contribution in [0.25, 0.3) is 5.69 Å². The van der Waals surface area contributed by atoms with Crippen molar-refractivity contribution in [2.24, 2.45) is 0 Å². The molecule has 25 heavy (non-hydrogen) atoms. The number of benzene rings is 2. The predicted octanol–water partition coefficient (Wildman–Crippen LogP) is 2.61. The first kappa shape index (κ1) is 16.9. The second kappa shape index (κ2) is 7.33. The third-order valence-electron chi connectivity index (χ3n) is 3.55. The molecule has 2 aromatic carbocycles. The molecule has 0 aliphatic carbocycles. The molecule has 0 unspecified atom stereocenters. The smallest absolute Gasteiger partial charge is 0.339 e. The first-order chi connectivity index (χ1) is 12.0. The van der Waals surface area contributed by atoms with Gasteiger partial charge in [0.1, 0.15) is 11.3 Å². The third kappa shape index (κ3) is 3.96. The molecule has 3 N–H and O–H groups in total. The van der Waals surface area contributed by atoms with Crippen LogP contribution in [0.5, 0.6) is 5.75 Å². The van der Waals surface area contributed by atoms with Gasteiger partial charge in [0.05, 0.1) is 11.9 Å². The highest BCUT2D eigenvalue weighted by Crippen LogP contribution is 2.29. The molecule has 0 radical (unpaired) electrons. The van der Waals surface area contributed by atoms with E-state index in [1.165, 1.54) is 16.8 Å². The predicted molar refractivity (Wildman–Crippen MR) is 92.0 cm³/mol. The van der Waals surface area contributed by atoms with Gasteiger partial charge in [0, 0.05) is 18.1 Å². The Labute approximate surface area is 148 Å². The van der Waals surface area contributed by atoms with Crippen molar-refractivity contribution in [1.82, 2.24) is 20.3 Å². The normalized spacial score (nSPS) is 10.8. The van der Waals surface area contributed by atoms with Crippen molar-refractivity contribution in [3.63, 3.8) is 0 Å². The number of phenols is 1. The Balaban J connectivity index is 1.74. The van der Waals surface area contributed by atoms with Crippen molar-refractivity contribution in [3.8, 4) is 11.4 Å². The fourth-order valence-corrected chi connectivity index (χ4v) is 2.56. The van der Waals surface area contributed by atoms with Crippen LogP contribution in [-0.2, 0) is 13.1 Å². The fourth-order valence-electron chi connectivity index (χ4n) is 2.35. The molecule has 0 amide bonds. The van der Waals surface area contributed by atoms with E-state index < -0.39 is 11.7 Å². The van der Waals surface area contributed by atoms with Crippen LogP contribution in [0.1, 0.15) is 21.6 Å². The zero-order valence-corrected chi connectivity index (χ0v) is 13.8. The molecule has 0 bridgehead atoms. The summed E-state index contributed by atoms with van der Waals surface area (Å²) in [5, 5.41) is 30.6. The van der Waals surface area contributed by atoms with Crippen LogP contribution in [-0.4, -0.2) is 31.2 Å². The standard InChI is InChI=1S/C17H15ClN4O3/c18-12-6-14(17(24)25)16(23)15(7-12)22-10-13(20-21-22)9-19-8-11-4-2-1-3-5-11/h1-7,10,19,23H,8-9H2,(H,24,25). The maximum atomic E-state index is 11.2. The van der Waals surface area contributed by atoms with Gasteiger partial charge >= 0.3 is 5.97 Å². The van der Waals surface area contributed by atoms with Crippen molar-refractivity contribution in [1.29, 1.82) is 0 Å². The lowest BCUT2D eigenvalue weighted by molar-refractivity contribution is 0.0693. The van der Waals surface area contributed by atoms with E-state index in [0.29, 0.717) is 18.8 Å². The molecular formula is C17H15ClN4O3. The molecule has 0 fully saturated rings. The van der Waals surface area contributed by atoms with E-state index in [0.717, 1.165) is 5.56 Å². The molecule has 0 saturated carbocycles. The SMILES string of the molecule is O=C(O)c1cc(Cl)cc(-n2cc(CNCc3ccccc3)nn2)c1O. The topological polar surface area (TPSA) is 100 Å². The summed E-state index contributed by atoms with van der Waals surface area (Å²) in [5.74, 6) is -1.68. The summed E-state index contributed by atoms with van der Waals surface area (Å²) in [6.45, 7) is 1.15. The number of hydrogen-bond donors (Lipinski definition) is 3. The average Bonchev–Trinajstić information content (AvgIpc) is 3.06. The number of carboxylic acid groups (broad SMARTS) is 1. The molecule has 8 heteroatoms. The van der Waals surface area contributed by atoms with E-state index >= 15 is 0 Å². The summed E-state index contributed by atoms with van der Waals surface area (Å²) in [6, 6.07) is 12.5. The minimum Gasteiger partial charge on any atom is -0.505 e. The highest BCUT2D eigenvalue weighted by atomic mass is 35.5. The summed E-state index contributed by atoms with van der Waals surface area (Å²) >= 11 is 5.93. The van der Waals surface area contributed by atoms with Crippen LogP contribution in [0.3, 0.4) is 0 Å². The summed E-state index contributed by atoms with van der Waals surface area (Å²) in [4.78, 5) is 11.2. The highest BCUT2D eigenvalue weighted by molar-refractivity contribution is 6.31. The van der Waals surface area contributed by atoms with Gasteiger partial charge in [-0.25, -0.2) is 9.48 Å². The van der Waals surface area contributed by atoms with Crippen LogP contribution >= 0.6 is 11.6 Å². The number of carboxylic acids is 1. The van der Waals surface area contributed by atoms with E-state index in [2.05, 4.69) is 15.6 Å². The molecule has 3 rings (SSSR count). The lowest BCUT2D eigenvalue weighted by Gasteiger charge is -2.07. The maximum Gasteiger partial charge on any atom is 0.339 e. The summed E-state index contributed by atoms with van der Waals surface area (Å²) in [5.41, 5.74) is 1.66. The fraction of sp³-hybridized carbons (Fsp3) is 0.118. The molecule has 128 valence electrons. The quantitative estimate of drug-likeness (QED) is 0.626. The van der Waals surface area contributed by atoms with Crippen molar-refractivity contribution < 1.29 is 15.0 Å². The van der Waals surface area contributed by atoms with Gasteiger partial charge in [-0.1, -0.05) is 47.1 Å². The van der Waals surface area contributed by atoms with Crippen LogP contribution in [0.2, 0.25) is 5.02 Å². The minimum absolute atomic E-state index is 0.159. The van der Waals surface area contributed by atoms with E-state index in [4.69, 9.17) is 16.7 Å². The molecule has 0 spiro atoms. The van der Waals surface area contributed by atoms with Crippen LogP contribution < -0.4 is 5.32 Å². The van der Waals surface area contributed by atoms with Gasteiger partial charge in [-0.05, 0) is 17.7 Å². The molecule has 7 nitrogen and oxygen atoms in total. The Morgan fingerprint density at radius 3 is 2.68 bits per heavy atom. The largest absolute Gasteiger partial charge is 0.505 e. The Morgan fingerprint density at radius 2 is 1.96 bits per heavy atom. The number of aromatic hydroxyl groups is 1. The summed E-state index contributed by atoms with van der Waals surface area (Å²) in [6.07, 6.45) is 1.61. The van der Waals surface area contributed by atoms with Gasteiger partial charge in [0.2, 0.25) is 0 Å². The Kier molecular flexibility index (Phi) is 4.97. The van der Waals surface area contributed by atoms with Crippen molar-refractivity contribution in [2.45, 2.75) is 13.1 Å². The van der Waals surface area contributed by atoms with E-state index in [-0.39, 0.29) is 16.3 Å². The number of nitrogens with zero attached hydrogens (tertiary/aromatic N) is 3. The van der Waals surface area contributed by atoms with E-state index in [1.807, 2.05) is 30.3 Å². The molecule has 0 saturated heterocycles. The van der Waals surface area contributed by atoms with Gasteiger partial charge < -0.3 is 15.5 Å². The monoisotopic (exact) mass is 358 g/mol. The molecule has 1 heterocycles. The zero-order chi connectivity index (χ0) is 17.8. The third-order valence-corrected chi connectivity index (χ3v) is 3.77. The first-order valence-corrected chi connectivity index (χ1v) is 7.84. The number of carbonyl (C=O) groups is 1. The van der Waals surface area contributed by atoms with Gasteiger partial charge in [0.15, 0.2) is 5.75 Å². The molecule has 3 aromatic rings. The van der Waals surface area contributed by atoms with Crippen LogP contribution in [0, 0.1) is 0 Å². The Hall–Kier alpha value is -2.90. The van der Waals surface area contributed by atoms with Crippen LogP contribution in [0.15, 0.2) is 48.7 Å². The van der Waals surface area contributed by atoms with Gasteiger partial charge in [-0.2, -0.15) is 0 Å². The van der Waals surface area contributed by atoms with Gasteiger partial charge in [-0.15, -0.1) is 5.10 Å². The van der Waals surface area contributed by atoms with E-state index in [1.54, 1.807) is 6.20 Å². The van der Waals surface area contributed by atoms with Crippen molar-refractivity contribution in [3.05, 3.63) is 70.5 Å². The zero-order valence-electron chi connectivity index (χ0n) is 13.1. The number of halogens is 1. The van der Waals surface area contributed by atoms with E-state index in [9.17, 15) is 9.90 Å². The molecule has 0 atom stereocenters. The number of aromatic nitrogens is 3. The van der Waals surface area contributed by atoms with Crippen LogP contribution in [0.4, 0.5) is 0 Å². The lowest BCUT2D eigenvalue weighted by atomic mass is 10.1. The summed E-state index contributed by atoms with van der Waals surface area (Å²) in [7, 11) is 0. The molecule has 1 aromatic heterocycles. The van der Waals surface area contributed by atoms with Crippen molar-refractivity contribution >= 4 is 17.6 Å². The molecular weight excluding hydrogens is 344 g/mol. The Bertz CT molecular complexity index is 896. The number of nitrogens with one attached hydrogen (secondary N) is 1.